The van der Waals surface area contributed by atoms with Crippen molar-refractivity contribution in [2.24, 2.45) is 0 Å². The highest BCUT2D eigenvalue weighted by Gasteiger charge is 2.26. The van der Waals surface area contributed by atoms with Gasteiger partial charge in [0.1, 0.15) is 0 Å². The minimum atomic E-state index is 0.725. The molecule has 3 rings (SSSR count). The average molecular weight is 199 g/mol. The van der Waals surface area contributed by atoms with E-state index in [9.17, 15) is 0 Å². The van der Waals surface area contributed by atoms with Gasteiger partial charge in [-0.2, -0.15) is 0 Å². The van der Waals surface area contributed by atoms with Gasteiger partial charge in [0, 0.05) is 18.1 Å². The van der Waals surface area contributed by atoms with Crippen LogP contribution >= 0.6 is 0 Å². The van der Waals surface area contributed by atoms with Crippen LogP contribution in [0.3, 0.4) is 0 Å². The first-order chi connectivity index (χ1) is 7.34. The van der Waals surface area contributed by atoms with Crippen LogP contribution in [0.1, 0.15) is 24.3 Å². The lowest BCUT2D eigenvalue weighted by molar-refractivity contribution is 0.999. The van der Waals surface area contributed by atoms with Gasteiger partial charge >= 0.3 is 0 Å². The molecule has 1 saturated carbocycles. The quantitative estimate of drug-likeness (QED) is 0.754. The molecular weight excluding hydrogens is 186 g/mol. The lowest BCUT2D eigenvalue weighted by atomic mass is 10.1. The third kappa shape index (κ3) is 1.50. The van der Waals surface area contributed by atoms with Crippen molar-refractivity contribution in [2.75, 3.05) is 5.73 Å². The van der Waals surface area contributed by atoms with Gasteiger partial charge in [0.25, 0.3) is 0 Å². The number of aromatic nitrogens is 2. The van der Waals surface area contributed by atoms with Gasteiger partial charge in [-0.3, -0.25) is 0 Å². The minimum absolute atomic E-state index is 0.725. The Morgan fingerprint density at radius 3 is 2.87 bits per heavy atom. The summed E-state index contributed by atoms with van der Waals surface area (Å²) in [5, 5.41) is 0. The van der Waals surface area contributed by atoms with Crippen LogP contribution in [0, 0.1) is 0 Å². The Bertz CT molecular complexity index is 470. The van der Waals surface area contributed by atoms with Crippen LogP contribution in [0.15, 0.2) is 36.9 Å². The molecule has 0 radical (unpaired) electrons. The fraction of sp³-hybridized carbons (Fsp3) is 0.250. The number of hydrogen-bond acceptors (Lipinski definition) is 2. The van der Waals surface area contributed by atoms with Gasteiger partial charge in [0.2, 0.25) is 0 Å². The monoisotopic (exact) mass is 199 g/mol. The number of nitrogens with two attached hydrogens (primary N) is 1. The Labute approximate surface area is 88.6 Å². The predicted octanol–water partition coefficient (Wildman–Crippen LogP) is 2.33. The summed E-state index contributed by atoms with van der Waals surface area (Å²) < 4.78 is 2.03. The van der Waals surface area contributed by atoms with Crippen LogP contribution in [0.2, 0.25) is 0 Å². The third-order valence-electron chi connectivity index (χ3n) is 2.85. The van der Waals surface area contributed by atoms with E-state index in [0.29, 0.717) is 0 Å². The first-order valence-electron chi connectivity index (χ1n) is 5.22. The van der Waals surface area contributed by atoms with Crippen LogP contribution < -0.4 is 5.73 Å². The van der Waals surface area contributed by atoms with E-state index in [1.807, 2.05) is 29.2 Å². The summed E-state index contributed by atoms with van der Waals surface area (Å²) in [6.45, 7) is 0. The van der Waals surface area contributed by atoms with Crippen molar-refractivity contribution in [3.63, 3.8) is 0 Å². The van der Waals surface area contributed by atoms with Crippen LogP contribution in [0.25, 0.3) is 5.69 Å². The topological polar surface area (TPSA) is 43.8 Å². The van der Waals surface area contributed by atoms with E-state index in [1.165, 1.54) is 24.1 Å². The Kier molecular flexibility index (Phi) is 1.78. The minimum Gasteiger partial charge on any atom is -0.399 e. The highest BCUT2D eigenvalue weighted by atomic mass is 15.0. The number of nitrogen functional groups attached to an aromatic ring is 1. The SMILES string of the molecule is Nc1ccc(C2CC2)c(-n2ccnc2)c1. The molecule has 1 aliphatic carbocycles. The van der Waals surface area contributed by atoms with Crippen LogP contribution in [-0.4, -0.2) is 9.55 Å². The van der Waals surface area contributed by atoms with E-state index in [4.69, 9.17) is 5.73 Å². The molecule has 2 aromatic rings. The molecule has 1 aliphatic rings. The number of nitrogens with zero attached hydrogens (tertiary/aromatic N) is 2. The summed E-state index contributed by atoms with van der Waals surface area (Å²) in [4.78, 5) is 4.07. The molecule has 0 atom stereocenters. The molecule has 0 amide bonds. The second-order valence-electron chi connectivity index (χ2n) is 4.06. The fourth-order valence-electron chi connectivity index (χ4n) is 1.93. The Hall–Kier alpha value is -1.77. The smallest absolute Gasteiger partial charge is 0.0991 e. The molecule has 1 aromatic heterocycles. The summed E-state index contributed by atoms with van der Waals surface area (Å²) in [5.74, 6) is 0.725. The highest BCUT2D eigenvalue weighted by Crippen LogP contribution is 2.43. The van der Waals surface area contributed by atoms with E-state index < -0.39 is 0 Å². The highest BCUT2D eigenvalue weighted by molar-refractivity contribution is 5.54. The maximum absolute atomic E-state index is 5.82. The Morgan fingerprint density at radius 1 is 1.33 bits per heavy atom. The van der Waals surface area contributed by atoms with Gasteiger partial charge in [-0.1, -0.05) is 6.07 Å². The summed E-state index contributed by atoms with van der Waals surface area (Å²) in [6, 6.07) is 6.14. The van der Waals surface area contributed by atoms with E-state index in [1.54, 1.807) is 6.20 Å². The van der Waals surface area contributed by atoms with Gasteiger partial charge in [-0.15, -0.1) is 0 Å². The van der Waals surface area contributed by atoms with Crippen LogP contribution in [0.5, 0.6) is 0 Å². The molecule has 0 bridgehead atoms. The number of benzene rings is 1. The Morgan fingerprint density at radius 2 is 2.20 bits per heavy atom. The molecule has 1 aromatic carbocycles. The maximum Gasteiger partial charge on any atom is 0.0991 e. The normalized spacial score (nSPS) is 15.5. The summed E-state index contributed by atoms with van der Waals surface area (Å²) >= 11 is 0. The molecule has 2 N–H and O–H groups in total. The standard InChI is InChI=1S/C12H13N3/c13-10-3-4-11(9-1-2-9)12(7-10)15-6-5-14-8-15/h3-9H,1-2,13H2. The van der Waals surface area contributed by atoms with Crippen molar-refractivity contribution < 1.29 is 0 Å². The van der Waals surface area contributed by atoms with E-state index in [0.717, 1.165) is 11.6 Å². The molecule has 1 heterocycles. The van der Waals surface area contributed by atoms with Crippen LogP contribution in [0.4, 0.5) is 5.69 Å². The van der Waals surface area contributed by atoms with Gasteiger partial charge in [-0.05, 0) is 36.5 Å². The first kappa shape index (κ1) is 8.53. The van der Waals surface area contributed by atoms with Gasteiger partial charge < -0.3 is 10.3 Å². The molecule has 0 spiro atoms. The van der Waals surface area contributed by atoms with Gasteiger partial charge in [0.05, 0.1) is 12.0 Å². The zero-order valence-electron chi connectivity index (χ0n) is 8.43. The second kappa shape index (κ2) is 3.12. The zero-order valence-corrected chi connectivity index (χ0v) is 8.43. The molecular formula is C12H13N3. The lowest BCUT2D eigenvalue weighted by Crippen LogP contribution is -1.98. The molecule has 1 fully saturated rings. The van der Waals surface area contributed by atoms with Crippen molar-refractivity contribution in [1.82, 2.24) is 9.55 Å². The maximum atomic E-state index is 5.82. The largest absolute Gasteiger partial charge is 0.399 e. The summed E-state index contributed by atoms with van der Waals surface area (Å²) in [6.07, 6.45) is 8.17. The first-order valence-corrected chi connectivity index (χ1v) is 5.22. The zero-order chi connectivity index (χ0) is 10.3. The molecule has 3 heteroatoms. The molecule has 3 nitrogen and oxygen atoms in total. The van der Waals surface area contributed by atoms with E-state index >= 15 is 0 Å². The predicted molar refractivity (Wildman–Crippen MR) is 60.0 cm³/mol. The van der Waals surface area contributed by atoms with Crippen molar-refractivity contribution in [1.29, 1.82) is 0 Å². The molecule has 0 aliphatic heterocycles. The van der Waals surface area contributed by atoms with Crippen molar-refractivity contribution in [3.05, 3.63) is 42.5 Å². The van der Waals surface area contributed by atoms with E-state index in [-0.39, 0.29) is 0 Å². The van der Waals surface area contributed by atoms with Crippen molar-refractivity contribution >= 4 is 5.69 Å². The van der Waals surface area contributed by atoms with Gasteiger partial charge in [-0.25, -0.2) is 4.98 Å². The third-order valence-corrected chi connectivity index (χ3v) is 2.85. The molecule has 15 heavy (non-hydrogen) atoms. The lowest BCUT2D eigenvalue weighted by Gasteiger charge is -2.10. The second-order valence-corrected chi connectivity index (χ2v) is 4.06. The van der Waals surface area contributed by atoms with Crippen LogP contribution in [-0.2, 0) is 0 Å². The number of hydrogen-bond donors (Lipinski definition) is 1. The molecule has 76 valence electrons. The average Bonchev–Trinajstić information content (AvgIpc) is 2.94. The fourth-order valence-corrected chi connectivity index (χ4v) is 1.93. The number of rotatable bonds is 2. The summed E-state index contributed by atoms with van der Waals surface area (Å²) in [5.41, 5.74) is 9.20. The molecule has 0 unspecified atom stereocenters. The van der Waals surface area contributed by atoms with Gasteiger partial charge in [0.15, 0.2) is 0 Å². The number of anilines is 1. The van der Waals surface area contributed by atoms with Crippen molar-refractivity contribution in [3.8, 4) is 5.69 Å². The molecule has 0 saturated heterocycles. The Balaban J connectivity index is 2.14. The van der Waals surface area contributed by atoms with E-state index in [2.05, 4.69) is 11.1 Å². The number of imidazole rings is 1. The van der Waals surface area contributed by atoms with Crippen molar-refractivity contribution in [2.45, 2.75) is 18.8 Å². The summed E-state index contributed by atoms with van der Waals surface area (Å²) in [7, 11) is 0.